The van der Waals surface area contributed by atoms with Crippen LogP contribution in [0.2, 0.25) is 0 Å². The topological polar surface area (TPSA) is 66.4 Å². The molecular weight excluding hydrogens is 258 g/mol. The van der Waals surface area contributed by atoms with Gasteiger partial charge in [0.2, 0.25) is 5.91 Å². The average Bonchev–Trinajstić information content (AvgIpc) is 2.25. The van der Waals surface area contributed by atoms with Gasteiger partial charge < -0.3 is 9.87 Å². The number of hydrogen-bond acceptors (Lipinski definition) is 3. The molecule has 0 saturated carbocycles. The van der Waals surface area contributed by atoms with E-state index < -0.39 is 8.77 Å². The molecule has 1 aromatic rings. The normalized spacial score (nSPS) is 13.8. The summed E-state index contributed by atoms with van der Waals surface area (Å²) in [4.78, 5) is 11.4. The van der Waals surface area contributed by atoms with E-state index in [-0.39, 0.29) is 10.8 Å². The van der Waals surface area contributed by atoms with Crippen molar-refractivity contribution in [2.75, 3.05) is 0 Å². The first-order chi connectivity index (χ1) is 7.80. The molecule has 1 atom stereocenters. The molecule has 2 N–H and O–H groups in total. The van der Waals surface area contributed by atoms with Crippen LogP contribution in [-0.2, 0) is 31.3 Å². The second-order valence-electron chi connectivity index (χ2n) is 3.58. The lowest BCUT2D eigenvalue weighted by Crippen LogP contribution is -2.22. The molecule has 0 heterocycles. The fraction of sp³-hybridized carbons (Fsp3) is 0.182. The molecule has 0 fully saturated rings. The summed E-state index contributed by atoms with van der Waals surface area (Å²) >= 11 is 4.44. The number of amides is 1. The average molecular weight is 271 g/mol. The van der Waals surface area contributed by atoms with Crippen molar-refractivity contribution in [2.45, 2.75) is 18.4 Å². The molecule has 0 aliphatic heterocycles. The standard InChI is InChI=1S/C11H13NO3S2/c1-8(2)11(13)12-7-9-3-5-10(6-4-9)17(14,15)16/h3-6H,1,7H2,2H3,(H,12,13)(H,14,15,16). The van der Waals surface area contributed by atoms with E-state index in [0.29, 0.717) is 12.1 Å². The molecular formula is C11H13NO3S2. The molecule has 1 aromatic carbocycles. The molecule has 0 saturated heterocycles. The van der Waals surface area contributed by atoms with E-state index in [1.807, 2.05) is 0 Å². The maximum atomic E-state index is 11.2. The van der Waals surface area contributed by atoms with Crippen molar-refractivity contribution < 1.29 is 13.6 Å². The lowest BCUT2D eigenvalue weighted by molar-refractivity contribution is -0.117. The number of rotatable bonds is 4. The predicted molar refractivity (Wildman–Crippen MR) is 69.5 cm³/mol. The SMILES string of the molecule is C=C(C)C(=O)NCc1ccc(S(=O)(O)=S)cc1. The number of carbonyl (C=O) groups excluding carboxylic acids is 1. The minimum atomic E-state index is -3.33. The van der Waals surface area contributed by atoms with Crippen molar-refractivity contribution in [3.63, 3.8) is 0 Å². The minimum absolute atomic E-state index is 0.197. The number of nitrogens with one attached hydrogen (secondary N) is 1. The summed E-state index contributed by atoms with van der Waals surface area (Å²) in [5.74, 6) is -0.219. The molecule has 1 amide bonds. The van der Waals surface area contributed by atoms with Gasteiger partial charge in [0, 0.05) is 23.3 Å². The van der Waals surface area contributed by atoms with Crippen molar-refractivity contribution >= 4 is 25.9 Å². The first-order valence-electron chi connectivity index (χ1n) is 4.81. The molecule has 0 aliphatic carbocycles. The van der Waals surface area contributed by atoms with Crippen LogP contribution >= 0.6 is 0 Å². The Morgan fingerprint density at radius 3 is 2.41 bits per heavy atom. The van der Waals surface area contributed by atoms with Gasteiger partial charge in [0.05, 0.1) is 4.90 Å². The fourth-order valence-corrected chi connectivity index (χ4v) is 1.93. The summed E-state index contributed by atoms with van der Waals surface area (Å²) in [5.41, 5.74) is 1.26. The third-order valence-corrected chi connectivity index (χ3v) is 3.51. The summed E-state index contributed by atoms with van der Waals surface area (Å²) in [7, 11) is -3.33. The van der Waals surface area contributed by atoms with E-state index in [0.717, 1.165) is 5.56 Å². The van der Waals surface area contributed by atoms with Gasteiger partial charge in [-0.15, -0.1) is 0 Å². The minimum Gasteiger partial charge on any atom is -0.348 e. The Morgan fingerprint density at radius 2 is 2.00 bits per heavy atom. The van der Waals surface area contributed by atoms with Crippen LogP contribution in [0.15, 0.2) is 41.3 Å². The molecule has 4 nitrogen and oxygen atoms in total. The van der Waals surface area contributed by atoms with Crippen LogP contribution in [0.1, 0.15) is 12.5 Å². The first kappa shape index (κ1) is 13.8. The highest BCUT2D eigenvalue weighted by Gasteiger charge is 2.05. The summed E-state index contributed by atoms with van der Waals surface area (Å²) in [6, 6.07) is 6.27. The predicted octanol–water partition coefficient (Wildman–Crippen LogP) is 1.46. The van der Waals surface area contributed by atoms with Crippen molar-refractivity contribution in [3.05, 3.63) is 42.0 Å². The van der Waals surface area contributed by atoms with E-state index in [1.54, 1.807) is 19.1 Å². The largest absolute Gasteiger partial charge is 0.348 e. The van der Waals surface area contributed by atoms with E-state index in [2.05, 4.69) is 23.1 Å². The highest BCUT2D eigenvalue weighted by atomic mass is 32.8. The molecule has 0 aliphatic rings. The third kappa shape index (κ3) is 4.26. The molecule has 92 valence electrons. The summed E-state index contributed by atoms with van der Waals surface area (Å²) in [6.45, 7) is 5.48. The van der Waals surface area contributed by atoms with Gasteiger partial charge in [-0.2, -0.15) is 0 Å². The van der Waals surface area contributed by atoms with Gasteiger partial charge in [0.15, 0.2) is 8.77 Å². The van der Waals surface area contributed by atoms with Crippen molar-refractivity contribution in [1.82, 2.24) is 5.32 Å². The lowest BCUT2D eigenvalue weighted by Gasteiger charge is -2.05. The Bertz CT molecular complexity index is 532. The number of hydrogen-bond donors (Lipinski definition) is 2. The van der Waals surface area contributed by atoms with Crippen LogP contribution in [0.5, 0.6) is 0 Å². The summed E-state index contributed by atoms with van der Waals surface area (Å²) in [6.07, 6.45) is 0. The Hall–Kier alpha value is -1.24. The maximum Gasteiger partial charge on any atom is 0.246 e. The molecule has 0 radical (unpaired) electrons. The van der Waals surface area contributed by atoms with E-state index in [9.17, 15) is 9.00 Å². The number of carbonyl (C=O) groups is 1. The highest BCUT2D eigenvalue weighted by Crippen LogP contribution is 2.10. The van der Waals surface area contributed by atoms with E-state index in [4.69, 9.17) is 4.55 Å². The number of benzene rings is 1. The van der Waals surface area contributed by atoms with E-state index >= 15 is 0 Å². The van der Waals surface area contributed by atoms with Crippen LogP contribution in [0.25, 0.3) is 0 Å². The van der Waals surface area contributed by atoms with Crippen molar-refractivity contribution in [2.24, 2.45) is 0 Å². The molecule has 0 bridgehead atoms. The van der Waals surface area contributed by atoms with Crippen LogP contribution < -0.4 is 5.32 Å². The quantitative estimate of drug-likeness (QED) is 0.814. The highest BCUT2D eigenvalue weighted by molar-refractivity contribution is 8.29. The monoisotopic (exact) mass is 271 g/mol. The van der Waals surface area contributed by atoms with Gasteiger partial charge in [-0.1, -0.05) is 18.7 Å². The van der Waals surface area contributed by atoms with Crippen LogP contribution in [0.4, 0.5) is 0 Å². The maximum absolute atomic E-state index is 11.2. The molecule has 6 heteroatoms. The summed E-state index contributed by atoms with van der Waals surface area (Å²) in [5, 5.41) is 2.66. The van der Waals surface area contributed by atoms with Crippen LogP contribution in [0, 0.1) is 0 Å². The van der Waals surface area contributed by atoms with Gasteiger partial charge in [-0.05, 0) is 24.6 Å². The second kappa shape index (κ2) is 5.39. The molecule has 0 spiro atoms. The molecule has 1 rings (SSSR count). The zero-order chi connectivity index (χ0) is 13.1. The molecule has 17 heavy (non-hydrogen) atoms. The van der Waals surface area contributed by atoms with Crippen molar-refractivity contribution in [1.29, 1.82) is 0 Å². The Morgan fingerprint density at radius 1 is 1.47 bits per heavy atom. The molecule has 1 unspecified atom stereocenters. The second-order valence-corrected chi connectivity index (χ2v) is 6.36. The third-order valence-electron chi connectivity index (χ3n) is 2.06. The Balaban J connectivity index is 2.70. The summed E-state index contributed by atoms with van der Waals surface area (Å²) < 4.78 is 20.3. The van der Waals surface area contributed by atoms with Gasteiger partial charge in [0.1, 0.15) is 0 Å². The smallest absolute Gasteiger partial charge is 0.246 e. The van der Waals surface area contributed by atoms with Crippen LogP contribution in [0.3, 0.4) is 0 Å². The first-order valence-corrected chi connectivity index (χ1v) is 7.25. The van der Waals surface area contributed by atoms with Crippen molar-refractivity contribution in [3.8, 4) is 0 Å². The zero-order valence-electron chi connectivity index (χ0n) is 9.30. The Kier molecular flexibility index (Phi) is 4.39. The van der Waals surface area contributed by atoms with Gasteiger partial charge >= 0.3 is 0 Å². The molecule has 0 aromatic heterocycles. The van der Waals surface area contributed by atoms with E-state index in [1.165, 1.54) is 12.1 Å². The van der Waals surface area contributed by atoms with Gasteiger partial charge in [-0.25, -0.2) is 4.21 Å². The Labute approximate surface area is 105 Å². The zero-order valence-corrected chi connectivity index (χ0v) is 10.9. The van der Waals surface area contributed by atoms with Gasteiger partial charge in [0.25, 0.3) is 0 Å². The van der Waals surface area contributed by atoms with Crippen LogP contribution in [-0.4, -0.2) is 14.7 Å². The lowest BCUT2D eigenvalue weighted by atomic mass is 10.2. The van der Waals surface area contributed by atoms with Gasteiger partial charge in [-0.3, -0.25) is 4.79 Å². The fourth-order valence-electron chi connectivity index (χ4n) is 1.11.